The molecule has 1 unspecified atom stereocenters. The van der Waals surface area contributed by atoms with E-state index in [1.165, 1.54) is 12.1 Å². The largest absolute Gasteiger partial charge is 0.508 e. The fourth-order valence-corrected chi connectivity index (χ4v) is 4.68. The summed E-state index contributed by atoms with van der Waals surface area (Å²) in [5.41, 5.74) is 3.35. The Morgan fingerprint density at radius 1 is 0.900 bits per heavy atom. The first-order valence-electron chi connectivity index (χ1n) is 10.6. The molecule has 0 spiro atoms. The van der Waals surface area contributed by atoms with E-state index in [1.54, 1.807) is 11.8 Å². The Balaban J connectivity index is 1.65. The van der Waals surface area contributed by atoms with Crippen LogP contribution in [0.15, 0.2) is 30.3 Å². The second-order valence-corrected chi connectivity index (χ2v) is 8.33. The average Bonchev–Trinajstić information content (AvgIpc) is 3.42. The van der Waals surface area contributed by atoms with Crippen molar-refractivity contribution in [3.05, 3.63) is 58.1 Å². The van der Waals surface area contributed by atoms with Gasteiger partial charge in [0.1, 0.15) is 11.5 Å². The highest BCUT2D eigenvalue weighted by molar-refractivity contribution is 5.98. The maximum absolute atomic E-state index is 13.3. The monoisotopic (exact) mass is 408 g/mol. The van der Waals surface area contributed by atoms with Crippen LogP contribution in [0.1, 0.15) is 69.1 Å². The standard InChI is InChI=1S/C24H28N2O4/c1-15-13-19(22(28)14-21(15)27)24(30)26-12-6-9-20(26)17-7-5-8-18(16(17)2)23(29)25-10-3-4-11-25/h5,7-8,13-14,20,27-28H,3-4,6,9-12H2,1-2H3. The summed E-state index contributed by atoms with van der Waals surface area (Å²) in [7, 11) is 0. The lowest BCUT2D eigenvalue weighted by molar-refractivity contribution is 0.0732. The highest BCUT2D eigenvalue weighted by atomic mass is 16.3. The second kappa shape index (κ2) is 8.01. The van der Waals surface area contributed by atoms with Gasteiger partial charge in [-0.1, -0.05) is 12.1 Å². The molecule has 2 heterocycles. The number of carbonyl (C=O) groups is 2. The van der Waals surface area contributed by atoms with Crippen molar-refractivity contribution < 1.29 is 19.8 Å². The third-order valence-corrected chi connectivity index (χ3v) is 6.42. The molecule has 6 heteroatoms. The predicted molar refractivity (Wildman–Crippen MR) is 114 cm³/mol. The number of phenols is 2. The van der Waals surface area contributed by atoms with Gasteiger partial charge in [0.2, 0.25) is 0 Å². The van der Waals surface area contributed by atoms with Crippen LogP contribution in [0.2, 0.25) is 0 Å². The first-order chi connectivity index (χ1) is 14.4. The minimum absolute atomic E-state index is 0.0361. The lowest BCUT2D eigenvalue weighted by Crippen LogP contribution is -2.32. The summed E-state index contributed by atoms with van der Waals surface area (Å²) in [5.74, 6) is -0.447. The van der Waals surface area contributed by atoms with E-state index in [4.69, 9.17) is 0 Å². The van der Waals surface area contributed by atoms with Crippen LogP contribution < -0.4 is 0 Å². The molecular formula is C24H28N2O4. The summed E-state index contributed by atoms with van der Waals surface area (Å²) in [6.07, 6.45) is 3.76. The van der Waals surface area contributed by atoms with Gasteiger partial charge in [0.15, 0.2) is 0 Å². The van der Waals surface area contributed by atoms with Gasteiger partial charge < -0.3 is 20.0 Å². The molecule has 4 rings (SSSR count). The number of amides is 2. The molecule has 1 atom stereocenters. The number of rotatable bonds is 3. The SMILES string of the molecule is Cc1cc(C(=O)N2CCCC2c2cccc(C(=O)N3CCCC3)c2C)c(O)cc1O. The number of hydrogen-bond acceptors (Lipinski definition) is 4. The maximum Gasteiger partial charge on any atom is 0.258 e. The molecule has 2 amide bonds. The molecule has 158 valence electrons. The van der Waals surface area contributed by atoms with Crippen LogP contribution in [0, 0.1) is 13.8 Å². The van der Waals surface area contributed by atoms with E-state index in [9.17, 15) is 19.8 Å². The van der Waals surface area contributed by atoms with E-state index in [2.05, 4.69) is 0 Å². The molecule has 30 heavy (non-hydrogen) atoms. The number of phenolic OH excluding ortho intramolecular Hbond substituents is 2. The maximum atomic E-state index is 13.3. The van der Waals surface area contributed by atoms with Crippen molar-refractivity contribution in [3.63, 3.8) is 0 Å². The lowest BCUT2D eigenvalue weighted by Gasteiger charge is -2.28. The van der Waals surface area contributed by atoms with E-state index in [0.717, 1.165) is 49.9 Å². The van der Waals surface area contributed by atoms with Crippen LogP contribution in [0.5, 0.6) is 11.5 Å². The fraction of sp³-hybridized carbons (Fsp3) is 0.417. The normalized spacial score (nSPS) is 18.8. The molecule has 2 aromatic rings. The summed E-state index contributed by atoms with van der Waals surface area (Å²) < 4.78 is 0. The van der Waals surface area contributed by atoms with Gasteiger partial charge in [-0.2, -0.15) is 0 Å². The van der Waals surface area contributed by atoms with Crippen LogP contribution >= 0.6 is 0 Å². The summed E-state index contributed by atoms with van der Waals surface area (Å²) in [4.78, 5) is 29.9. The Labute approximate surface area is 176 Å². The lowest BCUT2D eigenvalue weighted by atomic mass is 9.94. The van der Waals surface area contributed by atoms with E-state index in [0.29, 0.717) is 17.7 Å². The van der Waals surface area contributed by atoms with Crippen molar-refractivity contribution in [2.45, 2.75) is 45.6 Å². The summed E-state index contributed by atoms with van der Waals surface area (Å²) in [6.45, 7) is 5.85. The zero-order valence-electron chi connectivity index (χ0n) is 17.5. The van der Waals surface area contributed by atoms with Gasteiger partial charge in [0.25, 0.3) is 11.8 Å². The Kier molecular flexibility index (Phi) is 5.41. The van der Waals surface area contributed by atoms with Crippen molar-refractivity contribution >= 4 is 11.8 Å². The quantitative estimate of drug-likeness (QED) is 0.806. The van der Waals surface area contributed by atoms with Crippen LogP contribution in [-0.2, 0) is 0 Å². The molecule has 0 aliphatic carbocycles. The number of aromatic hydroxyl groups is 2. The van der Waals surface area contributed by atoms with Gasteiger partial charge in [0.05, 0.1) is 11.6 Å². The van der Waals surface area contributed by atoms with Crippen LogP contribution in [-0.4, -0.2) is 51.5 Å². The zero-order chi connectivity index (χ0) is 21.4. The smallest absolute Gasteiger partial charge is 0.258 e. The molecule has 0 bridgehead atoms. The summed E-state index contributed by atoms with van der Waals surface area (Å²) in [6, 6.07) is 8.37. The predicted octanol–water partition coefficient (Wildman–Crippen LogP) is 3.93. The molecule has 0 aromatic heterocycles. The highest BCUT2D eigenvalue weighted by Gasteiger charge is 2.34. The molecule has 0 saturated carbocycles. The van der Waals surface area contributed by atoms with Crippen molar-refractivity contribution in [2.24, 2.45) is 0 Å². The Morgan fingerprint density at radius 2 is 1.63 bits per heavy atom. The van der Waals surface area contributed by atoms with Crippen molar-refractivity contribution in [2.75, 3.05) is 19.6 Å². The molecule has 2 fully saturated rings. The first-order valence-corrected chi connectivity index (χ1v) is 10.6. The van der Waals surface area contributed by atoms with Crippen LogP contribution in [0.3, 0.4) is 0 Å². The van der Waals surface area contributed by atoms with Crippen LogP contribution in [0.25, 0.3) is 0 Å². The number of carbonyl (C=O) groups excluding carboxylic acids is 2. The molecular weight excluding hydrogens is 380 g/mol. The Morgan fingerprint density at radius 3 is 2.37 bits per heavy atom. The number of aryl methyl sites for hydroxylation is 1. The number of benzene rings is 2. The van der Waals surface area contributed by atoms with Gasteiger partial charge in [-0.25, -0.2) is 0 Å². The molecule has 6 nitrogen and oxygen atoms in total. The second-order valence-electron chi connectivity index (χ2n) is 8.33. The zero-order valence-corrected chi connectivity index (χ0v) is 17.5. The molecule has 2 aromatic carbocycles. The fourth-order valence-electron chi connectivity index (χ4n) is 4.68. The van der Waals surface area contributed by atoms with Gasteiger partial charge in [0, 0.05) is 31.3 Å². The number of hydrogen-bond donors (Lipinski definition) is 2. The van der Waals surface area contributed by atoms with E-state index >= 15 is 0 Å². The van der Waals surface area contributed by atoms with Crippen molar-refractivity contribution in [3.8, 4) is 11.5 Å². The molecule has 2 saturated heterocycles. The molecule has 2 aliphatic heterocycles. The van der Waals surface area contributed by atoms with E-state index in [1.807, 2.05) is 30.0 Å². The first kappa shape index (κ1) is 20.3. The number of nitrogens with zero attached hydrogens (tertiary/aromatic N) is 2. The Hall–Kier alpha value is -3.02. The van der Waals surface area contributed by atoms with Crippen LogP contribution in [0.4, 0.5) is 0 Å². The van der Waals surface area contributed by atoms with Gasteiger partial charge in [-0.15, -0.1) is 0 Å². The number of likely N-dealkylation sites (tertiary alicyclic amines) is 2. The van der Waals surface area contributed by atoms with Gasteiger partial charge in [-0.05, 0) is 68.4 Å². The molecule has 2 N–H and O–H groups in total. The topological polar surface area (TPSA) is 81.1 Å². The van der Waals surface area contributed by atoms with Crippen molar-refractivity contribution in [1.29, 1.82) is 0 Å². The van der Waals surface area contributed by atoms with E-state index in [-0.39, 0.29) is 34.9 Å². The molecule has 0 radical (unpaired) electrons. The highest BCUT2D eigenvalue weighted by Crippen LogP contribution is 2.38. The van der Waals surface area contributed by atoms with Gasteiger partial charge in [-0.3, -0.25) is 9.59 Å². The van der Waals surface area contributed by atoms with E-state index < -0.39 is 0 Å². The average molecular weight is 408 g/mol. The minimum atomic E-state index is -0.256. The third-order valence-electron chi connectivity index (χ3n) is 6.42. The summed E-state index contributed by atoms with van der Waals surface area (Å²) >= 11 is 0. The molecule has 2 aliphatic rings. The van der Waals surface area contributed by atoms with Gasteiger partial charge >= 0.3 is 0 Å². The van der Waals surface area contributed by atoms with Crippen molar-refractivity contribution in [1.82, 2.24) is 9.80 Å². The minimum Gasteiger partial charge on any atom is -0.508 e. The Bertz CT molecular complexity index is 995. The third kappa shape index (κ3) is 3.51. The summed E-state index contributed by atoms with van der Waals surface area (Å²) in [5, 5.41) is 20.0.